The molecule has 3 unspecified atom stereocenters. The molecule has 0 radical (unpaired) electrons. The molecule has 0 aliphatic carbocycles. The van der Waals surface area contributed by atoms with Gasteiger partial charge in [0, 0.05) is 36.4 Å². The lowest BCUT2D eigenvalue weighted by Gasteiger charge is -2.46. The zero-order chi connectivity index (χ0) is 26.3. The molecule has 4 atom stereocenters. The van der Waals surface area contributed by atoms with E-state index in [1.54, 1.807) is 4.90 Å². The normalized spacial score (nSPS) is 27.1. The van der Waals surface area contributed by atoms with E-state index in [9.17, 15) is 14.4 Å². The number of urea groups is 1. The number of ether oxygens (including phenoxy) is 1. The van der Waals surface area contributed by atoms with Gasteiger partial charge in [-0.05, 0) is 76.4 Å². The number of amides is 4. The minimum atomic E-state index is -0.220. The Balaban J connectivity index is 1.36. The zero-order valence-corrected chi connectivity index (χ0v) is 22.4. The minimum absolute atomic E-state index is 0.00689. The average Bonchev–Trinajstić information content (AvgIpc) is 3.24. The summed E-state index contributed by atoms with van der Waals surface area (Å²) in [6.07, 6.45) is 3.81. The number of rotatable bonds is 6. The lowest BCUT2D eigenvalue weighted by Crippen LogP contribution is -2.62. The van der Waals surface area contributed by atoms with Gasteiger partial charge in [0.05, 0.1) is 22.4 Å². The number of nitrogens with one attached hydrogen (secondary N) is 3. The molecule has 4 aliphatic rings. The predicted molar refractivity (Wildman–Crippen MR) is 144 cm³/mol. The highest BCUT2D eigenvalue weighted by atomic mass is 32.2. The number of nitrogens with zero attached hydrogens (tertiary/aromatic N) is 2. The summed E-state index contributed by atoms with van der Waals surface area (Å²) in [7, 11) is 0. The van der Waals surface area contributed by atoms with Crippen LogP contribution in [0, 0.1) is 12.8 Å². The molecule has 10 heteroatoms. The van der Waals surface area contributed by atoms with Gasteiger partial charge in [0.15, 0.2) is 0 Å². The smallest absolute Gasteiger partial charge is 0.326 e. The maximum Gasteiger partial charge on any atom is 0.326 e. The van der Waals surface area contributed by atoms with Crippen molar-refractivity contribution >= 4 is 35.3 Å². The van der Waals surface area contributed by atoms with E-state index < -0.39 is 0 Å². The van der Waals surface area contributed by atoms with Crippen molar-refractivity contribution in [2.45, 2.75) is 63.6 Å². The summed E-state index contributed by atoms with van der Waals surface area (Å²) >= 11 is 1.49. The van der Waals surface area contributed by atoms with Crippen LogP contribution in [-0.4, -0.2) is 65.9 Å². The second-order valence-electron chi connectivity index (χ2n) is 10.3. The van der Waals surface area contributed by atoms with Crippen LogP contribution in [0.1, 0.15) is 38.7 Å². The van der Waals surface area contributed by atoms with Gasteiger partial charge in [-0.1, -0.05) is 18.3 Å². The molecule has 1 aromatic carbocycles. The molecule has 3 fully saturated rings. The van der Waals surface area contributed by atoms with Crippen LogP contribution in [0.3, 0.4) is 0 Å². The van der Waals surface area contributed by atoms with Gasteiger partial charge in [0.2, 0.25) is 5.91 Å². The van der Waals surface area contributed by atoms with Crippen LogP contribution in [0.25, 0.3) is 0 Å². The van der Waals surface area contributed by atoms with Crippen LogP contribution in [0.5, 0.6) is 5.75 Å². The van der Waals surface area contributed by atoms with E-state index in [0.29, 0.717) is 23.7 Å². The van der Waals surface area contributed by atoms with Crippen LogP contribution in [-0.2, 0) is 9.59 Å². The van der Waals surface area contributed by atoms with Crippen molar-refractivity contribution in [1.29, 1.82) is 0 Å². The molecule has 3 saturated heterocycles. The SMILES string of the molecule is C=CC(=O)N1CCC[C@@H](NC(=O)C2=C3NC(=O)N(c4ccc(OC(C)C)c(C)c4)C4CCNC(S2)C34)C1. The van der Waals surface area contributed by atoms with E-state index in [4.69, 9.17) is 4.74 Å². The number of hydrogen-bond donors (Lipinski definition) is 3. The highest BCUT2D eigenvalue weighted by Gasteiger charge is 2.51. The van der Waals surface area contributed by atoms with Gasteiger partial charge < -0.3 is 25.6 Å². The van der Waals surface area contributed by atoms with Gasteiger partial charge in [-0.15, -0.1) is 0 Å². The fourth-order valence-electron chi connectivity index (χ4n) is 5.77. The summed E-state index contributed by atoms with van der Waals surface area (Å²) < 4.78 is 5.88. The molecule has 4 heterocycles. The van der Waals surface area contributed by atoms with Crippen molar-refractivity contribution in [1.82, 2.24) is 20.9 Å². The Bertz CT molecular complexity index is 1150. The Morgan fingerprint density at radius 1 is 1.30 bits per heavy atom. The molecule has 4 aliphatic heterocycles. The monoisotopic (exact) mass is 525 g/mol. The fourth-order valence-corrected chi connectivity index (χ4v) is 7.17. The Hall–Kier alpha value is -2.98. The molecule has 9 nitrogen and oxygen atoms in total. The first-order valence-corrected chi connectivity index (χ1v) is 13.9. The van der Waals surface area contributed by atoms with Crippen molar-refractivity contribution in [2.24, 2.45) is 5.92 Å². The third-order valence-electron chi connectivity index (χ3n) is 7.39. The third kappa shape index (κ3) is 4.96. The first kappa shape index (κ1) is 25.7. The van der Waals surface area contributed by atoms with Crippen LogP contribution in [0.4, 0.5) is 10.5 Å². The standard InChI is InChI=1S/C27H35N5O4S/c1-5-21(33)31-12-6-7-17(14-31)29-25(34)24-23-22-19(10-11-28-26(22)37-24)32(27(35)30-23)18-8-9-20(16(4)13-18)36-15(2)3/h5,8-9,13,15,17,19,22,26,28H,1,6-7,10-12,14H2,2-4H3,(H,29,34)(H,30,35)/t17-,19?,22?,26?/m1/s1. The summed E-state index contributed by atoms with van der Waals surface area (Å²) in [6, 6.07) is 5.45. The van der Waals surface area contributed by atoms with Crippen molar-refractivity contribution in [3.05, 3.63) is 47.0 Å². The number of thioether (sulfide) groups is 1. The van der Waals surface area contributed by atoms with Crippen LogP contribution >= 0.6 is 11.8 Å². The van der Waals surface area contributed by atoms with Gasteiger partial charge in [-0.25, -0.2) is 4.79 Å². The largest absolute Gasteiger partial charge is 0.491 e. The molecule has 0 spiro atoms. The number of aryl methyl sites for hydroxylation is 1. The lowest BCUT2D eigenvalue weighted by atomic mass is 9.86. The number of benzene rings is 1. The Morgan fingerprint density at radius 2 is 2.11 bits per heavy atom. The second-order valence-corrected chi connectivity index (χ2v) is 11.5. The quantitative estimate of drug-likeness (QED) is 0.494. The van der Waals surface area contributed by atoms with Crippen LogP contribution < -0.4 is 25.6 Å². The first-order valence-electron chi connectivity index (χ1n) is 13.0. The fraction of sp³-hybridized carbons (Fsp3) is 0.519. The number of carbonyl (C=O) groups is 3. The molecule has 4 amide bonds. The summed E-state index contributed by atoms with van der Waals surface area (Å²) in [5.74, 6) is 0.487. The number of carbonyl (C=O) groups excluding carboxylic acids is 3. The van der Waals surface area contributed by atoms with Gasteiger partial charge in [0.25, 0.3) is 5.91 Å². The molecule has 1 aromatic rings. The molecule has 0 aromatic heterocycles. The van der Waals surface area contributed by atoms with Gasteiger partial charge in [-0.3, -0.25) is 14.5 Å². The van der Waals surface area contributed by atoms with Crippen molar-refractivity contribution in [3.63, 3.8) is 0 Å². The summed E-state index contributed by atoms with van der Waals surface area (Å²) in [5, 5.41) is 9.72. The van der Waals surface area contributed by atoms with Crippen LogP contribution in [0.2, 0.25) is 0 Å². The maximum atomic E-state index is 13.5. The Labute approximate surface area is 222 Å². The first-order chi connectivity index (χ1) is 17.8. The van der Waals surface area contributed by atoms with Crippen molar-refractivity contribution < 1.29 is 19.1 Å². The summed E-state index contributed by atoms with van der Waals surface area (Å²) in [4.78, 5) is 43.0. The highest BCUT2D eigenvalue weighted by Crippen LogP contribution is 2.48. The Kier molecular flexibility index (Phi) is 7.22. The minimum Gasteiger partial charge on any atom is -0.491 e. The molecule has 0 saturated carbocycles. The van der Waals surface area contributed by atoms with Crippen molar-refractivity contribution in [2.75, 3.05) is 24.5 Å². The number of piperidine rings is 2. The van der Waals surface area contributed by atoms with Gasteiger partial charge in [-0.2, -0.15) is 0 Å². The zero-order valence-electron chi connectivity index (χ0n) is 21.6. The highest BCUT2D eigenvalue weighted by molar-refractivity contribution is 8.04. The topological polar surface area (TPSA) is 103 Å². The molecule has 0 bridgehead atoms. The molecule has 37 heavy (non-hydrogen) atoms. The molecule has 198 valence electrons. The van der Waals surface area contributed by atoms with E-state index >= 15 is 0 Å². The summed E-state index contributed by atoms with van der Waals surface area (Å²) in [5.41, 5.74) is 2.51. The van der Waals surface area contributed by atoms with Crippen LogP contribution in [0.15, 0.2) is 41.5 Å². The van der Waals surface area contributed by atoms with E-state index in [-0.39, 0.29) is 47.3 Å². The lowest BCUT2D eigenvalue weighted by molar-refractivity contribution is -0.128. The van der Waals surface area contributed by atoms with Gasteiger partial charge in [0.1, 0.15) is 5.75 Å². The van der Waals surface area contributed by atoms with E-state index in [1.807, 2.05) is 43.9 Å². The maximum absolute atomic E-state index is 13.5. The van der Waals surface area contributed by atoms with E-state index in [1.165, 1.54) is 17.8 Å². The average molecular weight is 526 g/mol. The number of anilines is 1. The van der Waals surface area contributed by atoms with Gasteiger partial charge >= 0.3 is 6.03 Å². The summed E-state index contributed by atoms with van der Waals surface area (Å²) in [6.45, 7) is 11.4. The molecule has 5 rings (SSSR count). The van der Waals surface area contributed by atoms with Crippen molar-refractivity contribution in [3.8, 4) is 5.75 Å². The molecular formula is C27H35N5O4S. The second kappa shape index (κ2) is 10.4. The molecule has 3 N–H and O–H groups in total. The number of likely N-dealkylation sites (tertiary alicyclic amines) is 1. The molecular weight excluding hydrogens is 490 g/mol. The number of hydrogen-bond acceptors (Lipinski definition) is 6. The van der Waals surface area contributed by atoms with E-state index in [0.717, 1.165) is 42.8 Å². The predicted octanol–water partition coefficient (Wildman–Crippen LogP) is 2.87. The third-order valence-corrected chi connectivity index (χ3v) is 8.74. The Morgan fingerprint density at radius 3 is 2.84 bits per heavy atom. The van der Waals surface area contributed by atoms with E-state index in [2.05, 4.69) is 22.5 Å².